The number of thiazole rings is 1. The number of halogens is 1. The van der Waals surface area contributed by atoms with Crippen molar-refractivity contribution in [3.63, 3.8) is 0 Å². The third-order valence-electron chi connectivity index (χ3n) is 4.02. The Morgan fingerprint density at radius 3 is 2.56 bits per heavy atom. The molecule has 3 rings (SSSR count). The van der Waals surface area contributed by atoms with E-state index in [0.717, 1.165) is 26.0 Å². The smallest absolute Gasteiger partial charge is 0.226 e. The number of hydrogen-bond acceptors (Lipinski definition) is 6. The summed E-state index contributed by atoms with van der Waals surface area (Å²) in [6, 6.07) is 9.35. The average molecular weight is 451 g/mol. The van der Waals surface area contributed by atoms with Crippen LogP contribution in [0.15, 0.2) is 34.8 Å². The number of benzene rings is 2. The highest BCUT2D eigenvalue weighted by Crippen LogP contribution is 2.34. The van der Waals surface area contributed by atoms with E-state index in [1.54, 1.807) is 21.3 Å². The first kappa shape index (κ1) is 19.4. The number of carbonyl (C=O) groups excluding carboxylic acids is 1. The molecule has 0 unspecified atom stereocenters. The molecule has 142 valence electrons. The van der Waals surface area contributed by atoms with Crippen LogP contribution >= 0.6 is 27.3 Å². The van der Waals surface area contributed by atoms with Gasteiger partial charge in [-0.15, -0.1) is 0 Å². The molecule has 3 aromatic rings. The number of nitrogens with zero attached hydrogens (tertiary/aromatic N) is 1. The third kappa shape index (κ3) is 4.51. The fourth-order valence-electron chi connectivity index (χ4n) is 2.60. The van der Waals surface area contributed by atoms with Crippen molar-refractivity contribution in [2.45, 2.75) is 12.8 Å². The molecule has 6 nitrogen and oxygen atoms in total. The van der Waals surface area contributed by atoms with Gasteiger partial charge in [0, 0.05) is 10.9 Å². The molecular weight excluding hydrogens is 432 g/mol. The lowest BCUT2D eigenvalue weighted by Gasteiger charge is -2.11. The Balaban J connectivity index is 1.66. The number of methoxy groups -OCH3 is 3. The van der Waals surface area contributed by atoms with Gasteiger partial charge in [-0.1, -0.05) is 27.3 Å². The van der Waals surface area contributed by atoms with Crippen LogP contribution in [0, 0.1) is 0 Å². The summed E-state index contributed by atoms with van der Waals surface area (Å²) in [7, 11) is 4.80. The molecule has 1 N–H and O–H groups in total. The molecule has 0 saturated heterocycles. The quantitative estimate of drug-likeness (QED) is 0.566. The number of amides is 1. The van der Waals surface area contributed by atoms with Crippen molar-refractivity contribution in [1.29, 1.82) is 0 Å². The summed E-state index contributed by atoms with van der Waals surface area (Å²) < 4.78 is 17.6. The summed E-state index contributed by atoms with van der Waals surface area (Å²) >= 11 is 4.94. The Bertz CT molecular complexity index is 974. The van der Waals surface area contributed by atoms with Gasteiger partial charge in [0.15, 0.2) is 16.6 Å². The van der Waals surface area contributed by atoms with Crippen LogP contribution in [-0.2, 0) is 11.2 Å². The maximum absolute atomic E-state index is 12.3. The average Bonchev–Trinajstić information content (AvgIpc) is 3.07. The van der Waals surface area contributed by atoms with Crippen LogP contribution in [0.2, 0.25) is 0 Å². The molecule has 1 aromatic heterocycles. The second-order valence-corrected chi connectivity index (χ2v) is 7.58. The molecule has 0 saturated carbocycles. The molecule has 0 bridgehead atoms. The SMILES string of the molecule is COc1ccc2nc(NC(=O)CCc3cc(OC)c(OC)cc3Br)sc2c1. The number of fused-ring (bicyclic) bond motifs is 1. The van der Waals surface area contributed by atoms with Gasteiger partial charge in [-0.25, -0.2) is 4.98 Å². The summed E-state index contributed by atoms with van der Waals surface area (Å²) in [5.41, 5.74) is 1.80. The van der Waals surface area contributed by atoms with Crippen LogP contribution in [0.3, 0.4) is 0 Å². The molecule has 0 aliphatic heterocycles. The minimum atomic E-state index is -0.0947. The Hall–Kier alpha value is -2.32. The summed E-state index contributed by atoms with van der Waals surface area (Å²) in [4.78, 5) is 16.8. The van der Waals surface area contributed by atoms with Gasteiger partial charge in [0.1, 0.15) is 5.75 Å². The van der Waals surface area contributed by atoms with Crippen molar-refractivity contribution in [1.82, 2.24) is 4.98 Å². The maximum Gasteiger partial charge on any atom is 0.226 e. The van der Waals surface area contributed by atoms with E-state index in [1.165, 1.54) is 11.3 Å². The zero-order valence-electron chi connectivity index (χ0n) is 15.2. The molecule has 0 aliphatic carbocycles. The summed E-state index contributed by atoms with van der Waals surface area (Å²) in [5.74, 6) is 1.95. The lowest BCUT2D eigenvalue weighted by Crippen LogP contribution is -2.12. The first-order valence-corrected chi connectivity index (χ1v) is 9.80. The van der Waals surface area contributed by atoms with Crippen molar-refractivity contribution in [2.75, 3.05) is 26.6 Å². The zero-order chi connectivity index (χ0) is 19.4. The summed E-state index contributed by atoms with van der Waals surface area (Å²) in [6.07, 6.45) is 0.888. The standard InChI is InChI=1S/C19H19BrN2O4S/c1-24-12-5-6-14-17(9-12)27-19(21-14)22-18(23)7-4-11-8-15(25-2)16(26-3)10-13(11)20/h5-6,8-10H,4,7H2,1-3H3,(H,21,22,23). The Labute approximate surface area is 169 Å². The van der Waals surface area contributed by atoms with Crippen molar-refractivity contribution in [2.24, 2.45) is 0 Å². The largest absolute Gasteiger partial charge is 0.497 e. The molecule has 0 spiro atoms. The van der Waals surface area contributed by atoms with Crippen molar-refractivity contribution < 1.29 is 19.0 Å². The van der Waals surface area contributed by atoms with Crippen LogP contribution in [-0.4, -0.2) is 32.2 Å². The van der Waals surface area contributed by atoms with Crippen molar-refractivity contribution in [3.8, 4) is 17.2 Å². The van der Waals surface area contributed by atoms with Crippen LogP contribution in [0.4, 0.5) is 5.13 Å². The topological polar surface area (TPSA) is 69.7 Å². The highest BCUT2D eigenvalue weighted by Gasteiger charge is 2.13. The fraction of sp³-hybridized carbons (Fsp3) is 0.263. The van der Waals surface area contributed by atoms with E-state index in [-0.39, 0.29) is 5.91 Å². The normalized spacial score (nSPS) is 10.7. The monoisotopic (exact) mass is 450 g/mol. The van der Waals surface area contributed by atoms with E-state index in [2.05, 4.69) is 26.2 Å². The van der Waals surface area contributed by atoms with E-state index < -0.39 is 0 Å². The number of hydrogen-bond donors (Lipinski definition) is 1. The van der Waals surface area contributed by atoms with Gasteiger partial charge < -0.3 is 19.5 Å². The molecule has 1 heterocycles. The number of carbonyl (C=O) groups is 1. The molecule has 0 fully saturated rings. The number of ether oxygens (including phenoxy) is 3. The molecule has 1 amide bonds. The highest BCUT2D eigenvalue weighted by atomic mass is 79.9. The van der Waals surface area contributed by atoms with E-state index in [1.807, 2.05) is 30.3 Å². The number of nitrogens with one attached hydrogen (secondary N) is 1. The molecular formula is C19H19BrN2O4S. The van der Waals surface area contributed by atoms with Crippen LogP contribution < -0.4 is 19.5 Å². The first-order chi connectivity index (χ1) is 13.0. The third-order valence-corrected chi connectivity index (χ3v) is 5.69. The zero-order valence-corrected chi connectivity index (χ0v) is 17.6. The van der Waals surface area contributed by atoms with E-state index in [4.69, 9.17) is 14.2 Å². The van der Waals surface area contributed by atoms with E-state index in [0.29, 0.717) is 29.5 Å². The maximum atomic E-state index is 12.3. The van der Waals surface area contributed by atoms with Gasteiger partial charge in [0.2, 0.25) is 5.91 Å². The van der Waals surface area contributed by atoms with Gasteiger partial charge in [0.05, 0.1) is 31.5 Å². The Morgan fingerprint density at radius 2 is 1.85 bits per heavy atom. The molecule has 0 atom stereocenters. The molecule has 2 aromatic carbocycles. The highest BCUT2D eigenvalue weighted by molar-refractivity contribution is 9.10. The number of rotatable bonds is 7. The lowest BCUT2D eigenvalue weighted by atomic mass is 10.1. The predicted octanol–water partition coefficient (Wildman–Crippen LogP) is 4.66. The number of aryl methyl sites for hydroxylation is 1. The van der Waals surface area contributed by atoms with Gasteiger partial charge in [-0.05, 0) is 42.3 Å². The van der Waals surface area contributed by atoms with Gasteiger partial charge >= 0.3 is 0 Å². The second kappa shape index (κ2) is 8.58. The van der Waals surface area contributed by atoms with Crippen molar-refractivity contribution in [3.05, 3.63) is 40.4 Å². The van der Waals surface area contributed by atoms with E-state index in [9.17, 15) is 4.79 Å². The summed E-state index contributed by atoms with van der Waals surface area (Å²) in [5, 5.41) is 3.44. The lowest BCUT2D eigenvalue weighted by molar-refractivity contribution is -0.116. The predicted molar refractivity (Wildman–Crippen MR) is 110 cm³/mol. The van der Waals surface area contributed by atoms with Crippen LogP contribution in [0.5, 0.6) is 17.2 Å². The molecule has 27 heavy (non-hydrogen) atoms. The fourth-order valence-corrected chi connectivity index (χ4v) is 4.03. The Kier molecular flexibility index (Phi) is 6.18. The van der Waals surface area contributed by atoms with Gasteiger partial charge in [0.25, 0.3) is 0 Å². The molecule has 8 heteroatoms. The molecule has 0 aliphatic rings. The minimum Gasteiger partial charge on any atom is -0.497 e. The van der Waals surface area contributed by atoms with Gasteiger partial charge in [-0.2, -0.15) is 0 Å². The minimum absolute atomic E-state index is 0.0947. The van der Waals surface area contributed by atoms with Crippen LogP contribution in [0.1, 0.15) is 12.0 Å². The summed E-state index contributed by atoms with van der Waals surface area (Å²) in [6.45, 7) is 0. The second-order valence-electron chi connectivity index (χ2n) is 5.70. The van der Waals surface area contributed by atoms with Gasteiger partial charge in [-0.3, -0.25) is 4.79 Å². The number of anilines is 1. The first-order valence-electron chi connectivity index (χ1n) is 8.19. The van der Waals surface area contributed by atoms with E-state index >= 15 is 0 Å². The van der Waals surface area contributed by atoms with Crippen LogP contribution in [0.25, 0.3) is 10.2 Å². The Morgan fingerprint density at radius 1 is 1.11 bits per heavy atom. The number of aromatic nitrogens is 1. The molecule has 0 radical (unpaired) electrons. The van der Waals surface area contributed by atoms with Crippen molar-refractivity contribution >= 4 is 48.5 Å².